The summed E-state index contributed by atoms with van der Waals surface area (Å²) in [5.74, 6) is -0.717. The van der Waals surface area contributed by atoms with E-state index in [9.17, 15) is 9.59 Å². The van der Waals surface area contributed by atoms with Crippen LogP contribution in [0.25, 0.3) is 5.65 Å². The molecule has 2 N–H and O–H groups in total. The fraction of sp³-hybridized carbons (Fsp3) is 0.200. The first-order valence-corrected chi connectivity index (χ1v) is 7.38. The molecule has 0 aromatic carbocycles. The molecule has 9 heteroatoms. The number of amides is 2. The number of hydrogen-bond acceptors (Lipinski definition) is 5. The Bertz CT molecular complexity index is 944. The van der Waals surface area contributed by atoms with Gasteiger partial charge in [-0.15, -0.1) is 0 Å². The van der Waals surface area contributed by atoms with Crippen LogP contribution in [0.3, 0.4) is 0 Å². The molecule has 0 unspecified atom stereocenters. The van der Waals surface area contributed by atoms with Crippen molar-refractivity contribution in [2.45, 2.75) is 13.1 Å². The predicted octanol–water partition coefficient (Wildman–Crippen LogP) is 0.306. The second-order valence-corrected chi connectivity index (χ2v) is 5.53. The zero-order chi connectivity index (χ0) is 16.7. The quantitative estimate of drug-likeness (QED) is 0.521. The third kappa shape index (κ3) is 2.22. The zero-order valence-electron chi connectivity index (χ0n) is 12.6. The van der Waals surface area contributed by atoms with Crippen molar-refractivity contribution in [3.05, 3.63) is 53.7 Å². The van der Waals surface area contributed by atoms with Crippen molar-refractivity contribution < 1.29 is 14.8 Å². The summed E-state index contributed by atoms with van der Waals surface area (Å²) < 4.78 is 3.46. The fourth-order valence-corrected chi connectivity index (χ4v) is 2.91. The zero-order valence-corrected chi connectivity index (χ0v) is 12.6. The van der Waals surface area contributed by atoms with Crippen LogP contribution in [0, 0.1) is 0 Å². The maximum Gasteiger partial charge on any atom is 0.276 e. The van der Waals surface area contributed by atoms with E-state index in [1.54, 1.807) is 45.6 Å². The van der Waals surface area contributed by atoms with Gasteiger partial charge in [0, 0.05) is 37.4 Å². The lowest BCUT2D eigenvalue weighted by molar-refractivity contribution is 0.0702. The minimum absolute atomic E-state index is 0.149. The predicted molar refractivity (Wildman–Crippen MR) is 81.4 cm³/mol. The second-order valence-electron chi connectivity index (χ2n) is 5.53. The molecule has 9 nitrogen and oxygen atoms in total. The summed E-state index contributed by atoms with van der Waals surface area (Å²) in [6.45, 7) is 1.47. The average molecular weight is 326 g/mol. The average Bonchev–Trinajstić information content (AvgIpc) is 3.23. The van der Waals surface area contributed by atoms with Gasteiger partial charge in [0.1, 0.15) is 5.56 Å². The normalized spacial score (nSPS) is 13.8. The first-order valence-electron chi connectivity index (χ1n) is 7.38. The lowest BCUT2D eigenvalue weighted by atomic mass is 10.2. The first-order chi connectivity index (χ1) is 11.7. The van der Waals surface area contributed by atoms with Crippen LogP contribution in [0.1, 0.15) is 26.4 Å². The van der Waals surface area contributed by atoms with Gasteiger partial charge >= 0.3 is 0 Å². The van der Waals surface area contributed by atoms with Gasteiger partial charge in [-0.25, -0.2) is 15.0 Å². The SMILES string of the molecule is O=C(NO)c1cc2n(c1)CCN(C(=O)c1cnn3cccnc13)C2. The van der Waals surface area contributed by atoms with E-state index in [-0.39, 0.29) is 5.91 Å². The molecule has 4 heterocycles. The molecule has 122 valence electrons. The van der Waals surface area contributed by atoms with Gasteiger partial charge in [0.15, 0.2) is 5.65 Å². The molecule has 2 amide bonds. The minimum Gasteiger partial charge on any atom is -0.347 e. The van der Waals surface area contributed by atoms with Crippen LogP contribution < -0.4 is 5.48 Å². The standard InChI is InChI=1S/C15H14N6O3/c22-14(18-24)10-6-11-9-20(5-4-19(11)8-10)15(23)12-7-17-21-3-1-2-16-13(12)21/h1-3,6-8,24H,4-5,9H2,(H,18,22). The van der Waals surface area contributed by atoms with Gasteiger partial charge in [0.05, 0.1) is 18.3 Å². The Labute approximate surface area is 136 Å². The van der Waals surface area contributed by atoms with E-state index in [2.05, 4.69) is 10.1 Å². The summed E-state index contributed by atoms with van der Waals surface area (Å²) in [6, 6.07) is 3.41. The van der Waals surface area contributed by atoms with E-state index in [0.717, 1.165) is 5.69 Å². The molecule has 3 aromatic rings. The fourth-order valence-electron chi connectivity index (χ4n) is 2.91. The van der Waals surface area contributed by atoms with Crippen molar-refractivity contribution in [3.63, 3.8) is 0 Å². The monoisotopic (exact) mass is 326 g/mol. The number of aromatic nitrogens is 4. The van der Waals surface area contributed by atoms with Crippen molar-refractivity contribution in [2.75, 3.05) is 6.54 Å². The molecule has 0 aliphatic carbocycles. The number of fused-ring (bicyclic) bond motifs is 2. The van der Waals surface area contributed by atoms with Crippen molar-refractivity contribution in [1.29, 1.82) is 0 Å². The smallest absolute Gasteiger partial charge is 0.276 e. The molecule has 24 heavy (non-hydrogen) atoms. The Kier molecular flexibility index (Phi) is 3.28. The van der Waals surface area contributed by atoms with Crippen LogP contribution in [-0.4, -0.2) is 47.6 Å². The summed E-state index contributed by atoms with van der Waals surface area (Å²) in [5.41, 5.74) is 3.77. The van der Waals surface area contributed by atoms with Crippen LogP contribution in [-0.2, 0) is 13.1 Å². The summed E-state index contributed by atoms with van der Waals surface area (Å²) in [7, 11) is 0. The Hall–Kier alpha value is -3.20. The number of nitrogens with one attached hydrogen (secondary N) is 1. The van der Waals surface area contributed by atoms with Gasteiger partial charge in [-0.1, -0.05) is 0 Å². The van der Waals surface area contributed by atoms with E-state index in [0.29, 0.717) is 36.4 Å². The van der Waals surface area contributed by atoms with Gasteiger partial charge in [-0.2, -0.15) is 5.10 Å². The van der Waals surface area contributed by atoms with E-state index < -0.39 is 5.91 Å². The Balaban J connectivity index is 1.61. The molecule has 1 aliphatic rings. The van der Waals surface area contributed by atoms with Crippen molar-refractivity contribution >= 4 is 17.5 Å². The highest BCUT2D eigenvalue weighted by molar-refractivity contribution is 5.99. The summed E-state index contributed by atoms with van der Waals surface area (Å²) in [4.78, 5) is 30.2. The molecule has 0 bridgehead atoms. The number of carbonyl (C=O) groups is 2. The number of hydrogen-bond donors (Lipinski definition) is 2. The summed E-state index contributed by atoms with van der Waals surface area (Å²) >= 11 is 0. The molecule has 0 fully saturated rings. The summed E-state index contributed by atoms with van der Waals surface area (Å²) in [5, 5.41) is 12.9. The van der Waals surface area contributed by atoms with Crippen LogP contribution in [0.15, 0.2) is 36.9 Å². The molecule has 0 saturated heterocycles. The lowest BCUT2D eigenvalue weighted by Gasteiger charge is -2.28. The molecule has 3 aromatic heterocycles. The van der Waals surface area contributed by atoms with Crippen LogP contribution in [0.2, 0.25) is 0 Å². The van der Waals surface area contributed by atoms with Crippen molar-refractivity contribution in [3.8, 4) is 0 Å². The molecule has 4 rings (SSSR count). The Morgan fingerprint density at radius 1 is 1.29 bits per heavy atom. The molecule has 0 radical (unpaired) electrons. The lowest BCUT2D eigenvalue weighted by Crippen LogP contribution is -2.37. The van der Waals surface area contributed by atoms with E-state index in [4.69, 9.17) is 5.21 Å². The molecule has 0 saturated carbocycles. The van der Waals surface area contributed by atoms with Gasteiger partial charge in [-0.05, 0) is 12.1 Å². The van der Waals surface area contributed by atoms with Crippen LogP contribution in [0.5, 0.6) is 0 Å². The topological polar surface area (TPSA) is 105 Å². The van der Waals surface area contributed by atoms with E-state index in [1.807, 2.05) is 4.57 Å². The molecular formula is C15H14N6O3. The van der Waals surface area contributed by atoms with Crippen LogP contribution >= 0.6 is 0 Å². The first kappa shape index (κ1) is 14.4. The Morgan fingerprint density at radius 2 is 2.17 bits per heavy atom. The highest BCUT2D eigenvalue weighted by atomic mass is 16.5. The molecule has 1 aliphatic heterocycles. The van der Waals surface area contributed by atoms with E-state index >= 15 is 0 Å². The minimum atomic E-state index is -0.568. The second kappa shape index (κ2) is 5.46. The summed E-state index contributed by atoms with van der Waals surface area (Å²) in [6.07, 6.45) is 6.54. The van der Waals surface area contributed by atoms with Crippen molar-refractivity contribution in [1.82, 2.24) is 29.5 Å². The third-order valence-electron chi connectivity index (χ3n) is 4.11. The largest absolute Gasteiger partial charge is 0.347 e. The van der Waals surface area contributed by atoms with Gasteiger partial charge in [-0.3, -0.25) is 14.8 Å². The number of carbonyl (C=O) groups excluding carboxylic acids is 2. The number of rotatable bonds is 2. The third-order valence-corrected chi connectivity index (χ3v) is 4.11. The molecule has 0 atom stereocenters. The van der Waals surface area contributed by atoms with Gasteiger partial charge < -0.3 is 9.47 Å². The number of hydroxylamine groups is 1. The maximum absolute atomic E-state index is 12.8. The van der Waals surface area contributed by atoms with Crippen LogP contribution in [0.4, 0.5) is 0 Å². The van der Waals surface area contributed by atoms with E-state index in [1.165, 1.54) is 6.20 Å². The maximum atomic E-state index is 12.8. The van der Waals surface area contributed by atoms with Crippen molar-refractivity contribution in [2.24, 2.45) is 0 Å². The highest BCUT2D eigenvalue weighted by Crippen LogP contribution is 2.19. The number of nitrogens with zero attached hydrogens (tertiary/aromatic N) is 5. The molecular weight excluding hydrogens is 312 g/mol. The van der Waals surface area contributed by atoms with Gasteiger partial charge in [0.25, 0.3) is 11.8 Å². The molecule has 0 spiro atoms. The van der Waals surface area contributed by atoms with Gasteiger partial charge in [0.2, 0.25) is 0 Å². The Morgan fingerprint density at radius 3 is 3.00 bits per heavy atom. The highest BCUT2D eigenvalue weighted by Gasteiger charge is 2.25.